The summed E-state index contributed by atoms with van der Waals surface area (Å²) in [7, 11) is 0. The van der Waals surface area contributed by atoms with Gasteiger partial charge < -0.3 is 15.7 Å². The first-order valence-corrected chi connectivity index (χ1v) is 7.00. The van der Waals surface area contributed by atoms with Crippen molar-refractivity contribution in [3.63, 3.8) is 0 Å². The first-order valence-electron chi connectivity index (χ1n) is 7.00. The molecule has 2 atom stereocenters. The van der Waals surface area contributed by atoms with Crippen LogP contribution in [0.4, 0.5) is 0 Å². The number of hydrogen-bond donors (Lipinski definition) is 2. The number of likely N-dealkylation sites (tertiary alicyclic amines) is 1. The lowest BCUT2D eigenvalue weighted by atomic mass is 9.85. The van der Waals surface area contributed by atoms with E-state index in [1.54, 1.807) is 0 Å². The molecule has 1 saturated heterocycles. The molecule has 2 aliphatic rings. The maximum absolute atomic E-state index is 9.94. The normalized spacial score (nSPS) is 37.2. The van der Waals surface area contributed by atoms with Gasteiger partial charge in [-0.1, -0.05) is 13.8 Å². The first-order chi connectivity index (χ1) is 7.80. The molecule has 17 heavy (non-hydrogen) atoms. The molecule has 1 saturated carbocycles. The van der Waals surface area contributed by atoms with Crippen molar-refractivity contribution in [3.05, 3.63) is 0 Å². The Balaban J connectivity index is 1.83. The highest BCUT2D eigenvalue weighted by molar-refractivity contribution is 4.95. The fourth-order valence-corrected chi connectivity index (χ4v) is 3.30. The topological polar surface area (TPSA) is 49.5 Å². The molecular formula is C14H28N2O. The van der Waals surface area contributed by atoms with Crippen molar-refractivity contribution in [2.24, 2.45) is 17.1 Å². The molecule has 0 aromatic carbocycles. The second-order valence-corrected chi connectivity index (χ2v) is 7.11. The van der Waals surface area contributed by atoms with Crippen molar-refractivity contribution in [3.8, 4) is 0 Å². The molecule has 1 heterocycles. The number of rotatable bonds is 2. The Hall–Kier alpha value is -0.120. The average Bonchev–Trinajstić information content (AvgIpc) is 2.48. The molecule has 0 aromatic heterocycles. The number of piperidine rings is 1. The van der Waals surface area contributed by atoms with Gasteiger partial charge in [-0.25, -0.2) is 0 Å². The Morgan fingerprint density at radius 2 is 1.76 bits per heavy atom. The minimum atomic E-state index is -0.437. The number of nitrogens with two attached hydrogens (primary N) is 1. The van der Waals surface area contributed by atoms with Crippen molar-refractivity contribution in [2.45, 2.75) is 58.1 Å². The zero-order valence-corrected chi connectivity index (χ0v) is 11.6. The van der Waals surface area contributed by atoms with Crippen LogP contribution in [0.2, 0.25) is 0 Å². The van der Waals surface area contributed by atoms with Crippen LogP contribution in [0.15, 0.2) is 0 Å². The van der Waals surface area contributed by atoms with Gasteiger partial charge in [0.25, 0.3) is 0 Å². The molecule has 3 N–H and O–H groups in total. The van der Waals surface area contributed by atoms with Crippen LogP contribution in [-0.4, -0.2) is 41.3 Å². The summed E-state index contributed by atoms with van der Waals surface area (Å²) in [6.45, 7) is 9.71. The van der Waals surface area contributed by atoms with E-state index in [0.29, 0.717) is 17.4 Å². The lowest BCUT2D eigenvalue weighted by molar-refractivity contribution is -0.00941. The maximum Gasteiger partial charge on any atom is 0.0644 e. The summed E-state index contributed by atoms with van der Waals surface area (Å²) >= 11 is 0. The minimum Gasteiger partial charge on any atom is -0.390 e. The predicted molar refractivity (Wildman–Crippen MR) is 70.8 cm³/mol. The third-order valence-corrected chi connectivity index (χ3v) is 5.00. The third-order valence-electron chi connectivity index (χ3n) is 5.00. The van der Waals surface area contributed by atoms with Crippen molar-refractivity contribution >= 4 is 0 Å². The van der Waals surface area contributed by atoms with Gasteiger partial charge in [0.1, 0.15) is 0 Å². The van der Waals surface area contributed by atoms with Crippen LogP contribution in [0.3, 0.4) is 0 Å². The minimum absolute atomic E-state index is 0.311. The molecular weight excluding hydrogens is 212 g/mol. The van der Waals surface area contributed by atoms with Gasteiger partial charge in [0, 0.05) is 25.7 Å². The molecule has 3 heteroatoms. The van der Waals surface area contributed by atoms with Crippen LogP contribution in [0.1, 0.15) is 46.5 Å². The molecule has 1 aliphatic heterocycles. The second kappa shape index (κ2) is 4.52. The lowest BCUT2D eigenvalue weighted by Gasteiger charge is -2.38. The third kappa shape index (κ3) is 3.01. The molecule has 3 nitrogen and oxygen atoms in total. The van der Waals surface area contributed by atoms with Crippen LogP contribution >= 0.6 is 0 Å². The monoisotopic (exact) mass is 240 g/mol. The van der Waals surface area contributed by atoms with E-state index < -0.39 is 5.60 Å². The Kier molecular flexibility index (Phi) is 3.54. The van der Waals surface area contributed by atoms with Crippen molar-refractivity contribution in [1.29, 1.82) is 0 Å². The summed E-state index contributed by atoms with van der Waals surface area (Å²) < 4.78 is 0. The van der Waals surface area contributed by atoms with E-state index in [-0.39, 0.29) is 0 Å². The van der Waals surface area contributed by atoms with Crippen molar-refractivity contribution in [1.82, 2.24) is 4.90 Å². The van der Waals surface area contributed by atoms with Gasteiger partial charge in [-0.05, 0) is 43.9 Å². The van der Waals surface area contributed by atoms with Crippen molar-refractivity contribution in [2.75, 3.05) is 19.6 Å². The van der Waals surface area contributed by atoms with E-state index in [1.165, 1.54) is 12.8 Å². The standard InChI is InChI=1S/C14H28N2O/c1-13(2)5-4-11(12(13)15)10-16-8-6-14(3,17)7-9-16/h11-12,17H,4-10,15H2,1-3H3. The quantitative estimate of drug-likeness (QED) is 0.771. The summed E-state index contributed by atoms with van der Waals surface area (Å²) in [4.78, 5) is 2.49. The fraction of sp³-hybridized carbons (Fsp3) is 1.00. The molecule has 0 spiro atoms. The van der Waals surface area contributed by atoms with E-state index in [0.717, 1.165) is 32.5 Å². The summed E-state index contributed by atoms with van der Waals surface area (Å²) in [6.07, 6.45) is 4.32. The van der Waals surface area contributed by atoms with E-state index in [1.807, 2.05) is 6.92 Å². The number of nitrogens with zero attached hydrogens (tertiary/aromatic N) is 1. The molecule has 1 aliphatic carbocycles. The summed E-state index contributed by atoms with van der Waals surface area (Å²) in [5.41, 5.74) is 6.23. The van der Waals surface area contributed by atoms with E-state index in [9.17, 15) is 5.11 Å². The molecule has 0 bridgehead atoms. The fourth-order valence-electron chi connectivity index (χ4n) is 3.30. The summed E-state index contributed by atoms with van der Waals surface area (Å²) in [5, 5.41) is 9.94. The largest absolute Gasteiger partial charge is 0.390 e. The first kappa shape index (κ1) is 13.3. The van der Waals surface area contributed by atoms with Gasteiger partial charge in [0.15, 0.2) is 0 Å². The van der Waals surface area contributed by atoms with E-state index >= 15 is 0 Å². The Labute approximate surface area is 105 Å². The number of hydrogen-bond acceptors (Lipinski definition) is 3. The zero-order valence-electron chi connectivity index (χ0n) is 11.6. The van der Waals surface area contributed by atoms with Crippen LogP contribution in [0.5, 0.6) is 0 Å². The van der Waals surface area contributed by atoms with Crippen molar-refractivity contribution < 1.29 is 5.11 Å². The zero-order chi connectivity index (χ0) is 12.7. The Bertz CT molecular complexity index is 265. The van der Waals surface area contributed by atoms with Crippen LogP contribution in [0.25, 0.3) is 0 Å². The number of aliphatic hydroxyl groups is 1. The molecule has 0 aromatic rings. The highest BCUT2D eigenvalue weighted by Gasteiger charge is 2.40. The maximum atomic E-state index is 9.94. The predicted octanol–water partition coefficient (Wildman–Crippen LogP) is 1.60. The van der Waals surface area contributed by atoms with Crippen LogP contribution < -0.4 is 5.73 Å². The van der Waals surface area contributed by atoms with Crippen LogP contribution in [-0.2, 0) is 0 Å². The van der Waals surface area contributed by atoms with Gasteiger partial charge in [-0.3, -0.25) is 0 Å². The van der Waals surface area contributed by atoms with Gasteiger partial charge in [0.05, 0.1) is 5.60 Å². The molecule has 0 amide bonds. The highest BCUT2D eigenvalue weighted by atomic mass is 16.3. The van der Waals surface area contributed by atoms with Gasteiger partial charge in [-0.2, -0.15) is 0 Å². The molecule has 2 fully saturated rings. The Morgan fingerprint density at radius 1 is 1.18 bits per heavy atom. The second-order valence-electron chi connectivity index (χ2n) is 7.11. The molecule has 100 valence electrons. The van der Waals surface area contributed by atoms with Crippen LogP contribution in [0, 0.1) is 11.3 Å². The highest BCUT2D eigenvalue weighted by Crippen LogP contribution is 2.40. The molecule has 2 unspecified atom stereocenters. The van der Waals surface area contributed by atoms with Gasteiger partial charge in [-0.15, -0.1) is 0 Å². The van der Waals surface area contributed by atoms with Gasteiger partial charge >= 0.3 is 0 Å². The lowest BCUT2D eigenvalue weighted by Crippen LogP contribution is -2.47. The molecule has 2 rings (SSSR count). The smallest absolute Gasteiger partial charge is 0.0644 e. The van der Waals surface area contributed by atoms with E-state index in [2.05, 4.69) is 18.7 Å². The molecule has 0 radical (unpaired) electrons. The summed E-state index contributed by atoms with van der Waals surface area (Å²) in [5.74, 6) is 0.646. The van der Waals surface area contributed by atoms with Gasteiger partial charge in [0.2, 0.25) is 0 Å². The average molecular weight is 240 g/mol. The van der Waals surface area contributed by atoms with E-state index in [4.69, 9.17) is 5.73 Å². The SMILES string of the molecule is CC1(O)CCN(CC2CCC(C)(C)C2N)CC1. The Morgan fingerprint density at radius 3 is 2.24 bits per heavy atom. The summed E-state index contributed by atoms with van der Waals surface area (Å²) in [6, 6.07) is 0.338.